The molecule has 0 fully saturated rings. The van der Waals surface area contributed by atoms with Crippen LogP contribution in [-0.4, -0.2) is 18.5 Å². The van der Waals surface area contributed by atoms with E-state index in [4.69, 9.17) is 4.74 Å². The molecule has 0 saturated carbocycles. The fraction of sp³-hybridized carbons (Fsp3) is 0.333. The first kappa shape index (κ1) is 17.2. The molecule has 2 aromatic rings. The topological polar surface area (TPSA) is 55.4 Å². The number of anilines is 1. The van der Waals surface area contributed by atoms with E-state index in [-0.39, 0.29) is 5.91 Å². The van der Waals surface area contributed by atoms with Gasteiger partial charge in [0, 0.05) is 17.4 Å². The number of carbonyl (C=O) groups excluding carboxylic acids is 2. The lowest BCUT2D eigenvalue weighted by Gasteiger charge is -2.10. The number of hydrogen-bond acceptors (Lipinski definition) is 4. The van der Waals surface area contributed by atoms with E-state index in [0.717, 1.165) is 16.7 Å². The summed E-state index contributed by atoms with van der Waals surface area (Å²) < 4.78 is 5.18. The van der Waals surface area contributed by atoms with Crippen LogP contribution in [0.5, 0.6) is 0 Å². The van der Waals surface area contributed by atoms with Crippen LogP contribution in [-0.2, 0) is 9.53 Å². The van der Waals surface area contributed by atoms with Crippen molar-refractivity contribution in [3.63, 3.8) is 0 Å². The Hall–Kier alpha value is -2.14. The van der Waals surface area contributed by atoms with Gasteiger partial charge in [0.1, 0.15) is 10.6 Å². The molecule has 0 aliphatic heterocycles. The van der Waals surface area contributed by atoms with E-state index >= 15 is 0 Å². The van der Waals surface area contributed by atoms with Crippen molar-refractivity contribution in [1.29, 1.82) is 0 Å². The zero-order chi connectivity index (χ0) is 17.0. The molecular formula is C18H21NO3S. The van der Waals surface area contributed by atoms with Gasteiger partial charge in [0.15, 0.2) is 0 Å². The number of aryl methyl sites for hydroxylation is 2. The normalized spacial score (nSPS) is 10.4. The van der Waals surface area contributed by atoms with Crippen LogP contribution in [0.15, 0.2) is 23.6 Å². The Morgan fingerprint density at radius 3 is 2.52 bits per heavy atom. The van der Waals surface area contributed by atoms with Crippen LogP contribution < -0.4 is 5.32 Å². The Bertz CT molecular complexity index is 734. The minimum Gasteiger partial charge on any atom is -0.462 e. The van der Waals surface area contributed by atoms with Gasteiger partial charge in [-0.15, -0.1) is 11.3 Å². The molecule has 0 spiro atoms. The molecule has 0 saturated heterocycles. The van der Waals surface area contributed by atoms with Gasteiger partial charge in [-0.25, -0.2) is 4.79 Å². The van der Waals surface area contributed by atoms with Gasteiger partial charge < -0.3 is 10.1 Å². The van der Waals surface area contributed by atoms with Crippen molar-refractivity contribution in [2.24, 2.45) is 0 Å². The molecule has 2 rings (SSSR count). The van der Waals surface area contributed by atoms with Gasteiger partial charge >= 0.3 is 5.97 Å². The highest BCUT2D eigenvalue weighted by Gasteiger charge is 2.23. The van der Waals surface area contributed by atoms with Crippen LogP contribution >= 0.6 is 11.3 Å². The van der Waals surface area contributed by atoms with Gasteiger partial charge in [-0.05, 0) is 31.9 Å². The number of thiophene rings is 1. The molecule has 23 heavy (non-hydrogen) atoms. The second-order valence-corrected chi connectivity index (χ2v) is 6.17. The van der Waals surface area contributed by atoms with Crippen molar-refractivity contribution in [2.75, 3.05) is 11.9 Å². The Morgan fingerprint density at radius 2 is 1.91 bits per heavy atom. The molecule has 1 aromatic carbocycles. The number of hydrogen-bond donors (Lipinski definition) is 1. The van der Waals surface area contributed by atoms with E-state index in [1.807, 2.05) is 31.4 Å². The standard InChI is InChI=1S/C18H21NO3S/c1-5-15(20)19-17-16(18(21)22-6-2)14(10-23-17)13-8-7-11(3)9-12(13)4/h7-10H,5-6H2,1-4H3,(H,19,20). The molecule has 0 aliphatic rings. The molecule has 0 atom stereocenters. The van der Waals surface area contributed by atoms with Gasteiger partial charge in [-0.3, -0.25) is 4.79 Å². The molecule has 1 N–H and O–H groups in total. The first-order valence-electron chi connectivity index (χ1n) is 7.64. The number of amides is 1. The van der Waals surface area contributed by atoms with E-state index in [1.165, 1.54) is 16.9 Å². The molecule has 1 aromatic heterocycles. The predicted molar refractivity (Wildman–Crippen MR) is 94.1 cm³/mol. The predicted octanol–water partition coefficient (Wildman–Crippen LogP) is 4.56. The molecular weight excluding hydrogens is 310 g/mol. The zero-order valence-electron chi connectivity index (χ0n) is 13.9. The van der Waals surface area contributed by atoms with Gasteiger partial charge in [-0.2, -0.15) is 0 Å². The SMILES string of the molecule is CCOC(=O)c1c(-c2ccc(C)cc2C)csc1NC(=O)CC. The van der Waals surface area contributed by atoms with Crippen LogP contribution in [0.4, 0.5) is 5.00 Å². The monoisotopic (exact) mass is 331 g/mol. The maximum atomic E-state index is 12.4. The molecule has 0 aliphatic carbocycles. The number of nitrogens with one attached hydrogen (secondary N) is 1. The van der Waals surface area contributed by atoms with E-state index in [1.54, 1.807) is 13.8 Å². The van der Waals surface area contributed by atoms with Crippen LogP contribution in [0.25, 0.3) is 11.1 Å². The number of benzene rings is 1. The maximum Gasteiger partial charge on any atom is 0.341 e. The van der Waals surface area contributed by atoms with Crippen molar-refractivity contribution in [3.8, 4) is 11.1 Å². The summed E-state index contributed by atoms with van der Waals surface area (Å²) in [6.45, 7) is 7.88. The van der Waals surface area contributed by atoms with E-state index in [0.29, 0.717) is 23.6 Å². The summed E-state index contributed by atoms with van der Waals surface area (Å²) in [5.74, 6) is -0.528. The average Bonchev–Trinajstić information content (AvgIpc) is 2.90. The van der Waals surface area contributed by atoms with E-state index < -0.39 is 5.97 Å². The van der Waals surface area contributed by atoms with Crippen LogP contribution in [0.3, 0.4) is 0 Å². The van der Waals surface area contributed by atoms with E-state index in [9.17, 15) is 9.59 Å². The van der Waals surface area contributed by atoms with Crippen molar-refractivity contribution in [3.05, 3.63) is 40.3 Å². The number of ether oxygens (including phenoxy) is 1. The summed E-state index contributed by atoms with van der Waals surface area (Å²) in [6.07, 6.45) is 0.360. The van der Waals surface area contributed by atoms with Crippen molar-refractivity contribution in [2.45, 2.75) is 34.1 Å². The van der Waals surface area contributed by atoms with Gasteiger partial charge in [0.2, 0.25) is 5.91 Å². The van der Waals surface area contributed by atoms with Crippen LogP contribution in [0.1, 0.15) is 41.8 Å². The highest BCUT2D eigenvalue weighted by molar-refractivity contribution is 7.15. The summed E-state index contributed by atoms with van der Waals surface area (Å²) in [5.41, 5.74) is 4.47. The zero-order valence-corrected chi connectivity index (χ0v) is 14.7. The smallest absolute Gasteiger partial charge is 0.341 e. The third kappa shape index (κ3) is 3.79. The van der Waals surface area contributed by atoms with Crippen molar-refractivity contribution >= 4 is 28.2 Å². The van der Waals surface area contributed by atoms with Crippen molar-refractivity contribution in [1.82, 2.24) is 0 Å². The summed E-state index contributed by atoms with van der Waals surface area (Å²) in [6, 6.07) is 6.09. The van der Waals surface area contributed by atoms with Gasteiger partial charge in [-0.1, -0.05) is 30.7 Å². The third-order valence-electron chi connectivity index (χ3n) is 3.52. The number of carbonyl (C=O) groups is 2. The number of esters is 1. The Labute approximate surface area is 140 Å². The molecule has 1 amide bonds. The quantitative estimate of drug-likeness (QED) is 0.817. The third-order valence-corrected chi connectivity index (χ3v) is 4.41. The summed E-state index contributed by atoms with van der Waals surface area (Å²) >= 11 is 1.35. The highest BCUT2D eigenvalue weighted by Crippen LogP contribution is 2.37. The molecule has 4 nitrogen and oxygen atoms in total. The first-order valence-corrected chi connectivity index (χ1v) is 8.52. The lowest BCUT2D eigenvalue weighted by molar-refractivity contribution is -0.115. The van der Waals surface area contributed by atoms with Crippen LogP contribution in [0.2, 0.25) is 0 Å². The Balaban J connectivity index is 2.54. The summed E-state index contributed by atoms with van der Waals surface area (Å²) in [7, 11) is 0. The van der Waals surface area contributed by atoms with E-state index in [2.05, 4.69) is 11.4 Å². The second-order valence-electron chi connectivity index (χ2n) is 5.29. The minimum absolute atomic E-state index is 0.121. The van der Waals surface area contributed by atoms with Gasteiger partial charge in [0.25, 0.3) is 0 Å². The van der Waals surface area contributed by atoms with Crippen LogP contribution in [0, 0.1) is 13.8 Å². The summed E-state index contributed by atoms with van der Waals surface area (Å²) in [5, 5.41) is 5.24. The highest BCUT2D eigenvalue weighted by atomic mass is 32.1. The average molecular weight is 331 g/mol. The maximum absolute atomic E-state index is 12.4. The first-order chi connectivity index (χ1) is 11.0. The molecule has 0 radical (unpaired) electrons. The minimum atomic E-state index is -0.407. The van der Waals surface area contributed by atoms with Gasteiger partial charge in [0.05, 0.1) is 6.61 Å². The Morgan fingerprint density at radius 1 is 1.17 bits per heavy atom. The molecule has 1 heterocycles. The molecule has 5 heteroatoms. The Kier molecular flexibility index (Phi) is 5.55. The van der Waals surface area contributed by atoms with Crippen molar-refractivity contribution < 1.29 is 14.3 Å². The lowest BCUT2D eigenvalue weighted by Crippen LogP contribution is -2.13. The second kappa shape index (κ2) is 7.42. The number of rotatable bonds is 5. The fourth-order valence-electron chi connectivity index (χ4n) is 2.38. The fourth-order valence-corrected chi connectivity index (χ4v) is 3.35. The lowest BCUT2D eigenvalue weighted by atomic mass is 9.97. The largest absolute Gasteiger partial charge is 0.462 e. The molecule has 0 unspecified atom stereocenters. The molecule has 0 bridgehead atoms. The molecule has 122 valence electrons. The summed E-state index contributed by atoms with van der Waals surface area (Å²) in [4.78, 5) is 24.1.